The predicted molar refractivity (Wildman–Crippen MR) is 156 cm³/mol. The summed E-state index contributed by atoms with van der Waals surface area (Å²) in [7, 11) is 0. The Morgan fingerprint density at radius 3 is 2.00 bits per heavy atom. The minimum absolute atomic E-state index is 0.0482. The summed E-state index contributed by atoms with van der Waals surface area (Å²) in [5.41, 5.74) is -0.600. The van der Waals surface area contributed by atoms with Gasteiger partial charge in [0.2, 0.25) is 18.2 Å². The van der Waals surface area contributed by atoms with E-state index in [1.165, 1.54) is 6.42 Å². The average molecular weight is 577 g/mol. The van der Waals surface area contributed by atoms with Crippen LogP contribution in [-0.2, 0) is 19.1 Å². The normalized spacial score (nSPS) is 23.2. The van der Waals surface area contributed by atoms with Crippen molar-refractivity contribution in [1.82, 2.24) is 29.8 Å². The Bertz CT molecular complexity index is 880. The van der Waals surface area contributed by atoms with Gasteiger partial charge in [-0.25, -0.2) is 4.79 Å². The van der Waals surface area contributed by atoms with Crippen LogP contribution in [0.15, 0.2) is 0 Å². The Balaban J connectivity index is 1.18. The van der Waals surface area contributed by atoms with E-state index in [1.54, 1.807) is 4.90 Å². The fraction of sp³-hybridized carbons (Fsp3) is 0.867. The van der Waals surface area contributed by atoms with Gasteiger partial charge in [-0.1, -0.05) is 19.3 Å². The van der Waals surface area contributed by atoms with Crippen LogP contribution in [0.5, 0.6) is 0 Å². The van der Waals surface area contributed by atoms with Crippen molar-refractivity contribution >= 4 is 24.3 Å². The van der Waals surface area contributed by atoms with Crippen molar-refractivity contribution in [3.05, 3.63) is 0 Å². The second-order valence-corrected chi connectivity index (χ2v) is 13.4. The predicted octanol–water partition coefficient (Wildman–Crippen LogP) is 1.62. The molecule has 1 aliphatic carbocycles. The van der Waals surface area contributed by atoms with Crippen LogP contribution in [0.4, 0.5) is 4.79 Å². The number of nitrogens with zero attached hydrogens (tertiary/aromatic N) is 5. The molecule has 0 aromatic carbocycles. The Kier molecular flexibility index (Phi) is 11.3. The summed E-state index contributed by atoms with van der Waals surface area (Å²) in [4.78, 5) is 60.2. The molecule has 232 valence electrons. The van der Waals surface area contributed by atoms with Gasteiger partial charge in [0, 0.05) is 72.0 Å². The molecule has 1 atom stereocenters. The highest BCUT2D eigenvalue weighted by Gasteiger charge is 2.36. The zero-order chi connectivity index (χ0) is 29.4. The molecule has 0 aromatic rings. The van der Waals surface area contributed by atoms with Crippen LogP contribution in [0.1, 0.15) is 65.7 Å². The summed E-state index contributed by atoms with van der Waals surface area (Å²) in [6.07, 6.45) is 7.65. The van der Waals surface area contributed by atoms with Gasteiger partial charge in [0.1, 0.15) is 11.6 Å². The van der Waals surface area contributed by atoms with Gasteiger partial charge in [-0.05, 0) is 58.3 Å². The highest BCUT2D eigenvalue weighted by molar-refractivity contribution is 5.86. The molecule has 41 heavy (non-hydrogen) atoms. The second-order valence-electron chi connectivity index (χ2n) is 13.4. The van der Waals surface area contributed by atoms with Gasteiger partial charge >= 0.3 is 6.09 Å². The Morgan fingerprint density at radius 2 is 1.41 bits per heavy atom. The van der Waals surface area contributed by atoms with E-state index in [0.29, 0.717) is 38.6 Å². The summed E-state index contributed by atoms with van der Waals surface area (Å²) in [5.74, 6) is 0.930. The molecule has 3 heterocycles. The third kappa shape index (κ3) is 9.56. The number of amides is 4. The van der Waals surface area contributed by atoms with E-state index in [9.17, 15) is 19.2 Å². The topological polar surface area (TPSA) is 106 Å². The number of piperidine rings is 1. The van der Waals surface area contributed by atoms with Gasteiger partial charge in [0.05, 0.1) is 6.54 Å². The van der Waals surface area contributed by atoms with Crippen LogP contribution in [0.3, 0.4) is 0 Å². The SMILES string of the molecule is CC(C)(C)OC(=O)NC(C(=O)N1CCC(CN2CCN(CC(=O)N3CCN(C=O)CC3)CC2)CC1)C1CCCCC1. The molecule has 0 bridgehead atoms. The number of hydrogen-bond donors (Lipinski definition) is 1. The summed E-state index contributed by atoms with van der Waals surface area (Å²) < 4.78 is 5.50. The summed E-state index contributed by atoms with van der Waals surface area (Å²) in [6, 6.07) is -0.508. The zero-order valence-electron chi connectivity index (χ0n) is 25.5. The largest absolute Gasteiger partial charge is 0.444 e. The zero-order valence-corrected chi connectivity index (χ0v) is 25.5. The molecular formula is C30H52N6O5. The van der Waals surface area contributed by atoms with E-state index in [0.717, 1.165) is 90.7 Å². The summed E-state index contributed by atoms with van der Waals surface area (Å²) in [6.45, 7) is 14.6. The van der Waals surface area contributed by atoms with Crippen LogP contribution in [0.25, 0.3) is 0 Å². The van der Waals surface area contributed by atoms with E-state index in [2.05, 4.69) is 15.1 Å². The van der Waals surface area contributed by atoms with Crippen molar-refractivity contribution < 1.29 is 23.9 Å². The van der Waals surface area contributed by atoms with Crippen LogP contribution in [0.2, 0.25) is 0 Å². The van der Waals surface area contributed by atoms with Crippen molar-refractivity contribution in [3.63, 3.8) is 0 Å². The Hall–Kier alpha value is -2.40. The lowest BCUT2D eigenvalue weighted by Crippen LogP contribution is -2.56. The summed E-state index contributed by atoms with van der Waals surface area (Å²) in [5, 5.41) is 2.95. The maximum absolute atomic E-state index is 13.7. The first-order valence-electron chi connectivity index (χ1n) is 15.8. The van der Waals surface area contributed by atoms with Crippen molar-refractivity contribution in [2.24, 2.45) is 11.8 Å². The minimum Gasteiger partial charge on any atom is -0.444 e. The fourth-order valence-corrected chi connectivity index (χ4v) is 6.68. The van der Waals surface area contributed by atoms with Crippen molar-refractivity contribution in [2.75, 3.05) is 78.5 Å². The average Bonchev–Trinajstić information content (AvgIpc) is 2.96. The monoisotopic (exact) mass is 576 g/mol. The fourth-order valence-electron chi connectivity index (χ4n) is 6.68. The van der Waals surface area contributed by atoms with Gasteiger partial charge in [-0.3, -0.25) is 19.3 Å². The van der Waals surface area contributed by atoms with Crippen LogP contribution in [-0.4, -0.2) is 139 Å². The van der Waals surface area contributed by atoms with Crippen LogP contribution < -0.4 is 5.32 Å². The first-order valence-corrected chi connectivity index (χ1v) is 15.8. The van der Waals surface area contributed by atoms with Gasteiger partial charge in [0.15, 0.2) is 0 Å². The molecule has 1 N–H and O–H groups in total. The molecule has 4 amide bonds. The van der Waals surface area contributed by atoms with Crippen molar-refractivity contribution in [2.45, 2.75) is 77.4 Å². The number of nitrogens with one attached hydrogen (secondary N) is 1. The van der Waals surface area contributed by atoms with Gasteiger partial charge in [0.25, 0.3) is 0 Å². The highest BCUT2D eigenvalue weighted by atomic mass is 16.6. The lowest BCUT2D eigenvalue weighted by molar-refractivity contribution is -0.137. The molecule has 1 unspecified atom stereocenters. The number of carbonyl (C=O) groups excluding carboxylic acids is 4. The molecule has 3 aliphatic heterocycles. The minimum atomic E-state index is -0.600. The van der Waals surface area contributed by atoms with Crippen LogP contribution in [0, 0.1) is 11.8 Å². The number of carbonyl (C=O) groups is 4. The molecule has 4 aliphatic rings. The lowest BCUT2D eigenvalue weighted by atomic mass is 9.83. The van der Waals surface area contributed by atoms with Crippen molar-refractivity contribution in [3.8, 4) is 0 Å². The van der Waals surface area contributed by atoms with Crippen molar-refractivity contribution in [1.29, 1.82) is 0 Å². The molecule has 1 saturated carbocycles. The number of ether oxygens (including phenoxy) is 1. The van der Waals surface area contributed by atoms with Crippen LogP contribution >= 0.6 is 0 Å². The number of piperazine rings is 2. The van der Waals surface area contributed by atoms with E-state index in [4.69, 9.17) is 4.74 Å². The second kappa shape index (κ2) is 14.7. The maximum atomic E-state index is 13.7. The molecule has 3 saturated heterocycles. The highest BCUT2D eigenvalue weighted by Crippen LogP contribution is 2.29. The first-order chi connectivity index (χ1) is 19.6. The number of likely N-dealkylation sites (tertiary alicyclic amines) is 1. The molecule has 11 nitrogen and oxygen atoms in total. The van der Waals surface area contributed by atoms with Gasteiger partial charge in [-0.2, -0.15) is 0 Å². The number of rotatable bonds is 8. The molecule has 0 spiro atoms. The Labute approximate surface area is 245 Å². The van der Waals surface area contributed by atoms with Gasteiger partial charge < -0.3 is 29.7 Å². The lowest BCUT2D eigenvalue weighted by Gasteiger charge is -2.40. The molecule has 11 heteroatoms. The molecule has 0 radical (unpaired) electrons. The summed E-state index contributed by atoms with van der Waals surface area (Å²) >= 11 is 0. The third-order valence-electron chi connectivity index (χ3n) is 9.14. The Morgan fingerprint density at radius 1 is 0.805 bits per heavy atom. The standard InChI is InChI=1S/C30H52N6O5/c1-30(2,3)41-29(40)31-27(25-7-5-4-6-8-25)28(39)36-11-9-24(10-12-36)21-32-13-15-33(16-14-32)22-26(38)35-19-17-34(23-37)18-20-35/h23-25,27H,4-22H2,1-3H3,(H,31,40). The van der Waals surface area contributed by atoms with E-state index in [-0.39, 0.29) is 17.7 Å². The smallest absolute Gasteiger partial charge is 0.408 e. The van der Waals surface area contributed by atoms with Gasteiger partial charge in [-0.15, -0.1) is 0 Å². The molecular weight excluding hydrogens is 524 g/mol. The first kappa shape index (κ1) is 31.5. The molecule has 4 rings (SSSR count). The van der Waals surface area contributed by atoms with E-state index in [1.807, 2.05) is 30.6 Å². The molecule has 0 aromatic heterocycles. The maximum Gasteiger partial charge on any atom is 0.408 e. The molecule has 4 fully saturated rings. The number of alkyl carbamates (subject to hydrolysis) is 1. The van der Waals surface area contributed by atoms with E-state index < -0.39 is 17.7 Å². The third-order valence-corrected chi connectivity index (χ3v) is 9.14. The number of hydrogen-bond acceptors (Lipinski definition) is 7. The van der Waals surface area contributed by atoms with E-state index >= 15 is 0 Å². The quantitative estimate of drug-likeness (QED) is 0.438.